The molecule has 4 heteroatoms. The molecule has 0 aliphatic carbocycles. The number of nitrogens with one attached hydrogen (secondary N) is 1. The summed E-state index contributed by atoms with van der Waals surface area (Å²) in [5, 5.41) is 14.2. The predicted molar refractivity (Wildman–Crippen MR) is 74.6 cm³/mol. The minimum Gasteiger partial charge on any atom is -0.368 e. The van der Waals surface area contributed by atoms with Crippen LogP contribution >= 0.6 is 0 Å². The second kappa shape index (κ2) is 5.04. The van der Waals surface area contributed by atoms with Crippen molar-refractivity contribution < 1.29 is 5.11 Å². The molecule has 0 aliphatic heterocycles. The Morgan fingerprint density at radius 3 is 2.58 bits per heavy atom. The highest BCUT2D eigenvalue weighted by Crippen LogP contribution is 2.23. The van der Waals surface area contributed by atoms with Gasteiger partial charge in [0, 0.05) is 17.8 Å². The lowest BCUT2D eigenvalue weighted by Gasteiger charge is -2.14. The van der Waals surface area contributed by atoms with Crippen LogP contribution in [0, 0.1) is 0 Å². The van der Waals surface area contributed by atoms with E-state index in [2.05, 4.69) is 15.3 Å². The second-order valence-corrected chi connectivity index (χ2v) is 4.18. The van der Waals surface area contributed by atoms with Gasteiger partial charge in [-0.2, -0.15) is 0 Å². The van der Waals surface area contributed by atoms with Crippen LogP contribution in [0.2, 0.25) is 0 Å². The van der Waals surface area contributed by atoms with Gasteiger partial charge in [-0.05, 0) is 24.3 Å². The number of anilines is 1. The third kappa shape index (κ3) is 2.39. The monoisotopic (exact) mass is 251 g/mol. The maximum atomic E-state index is 10.1. The van der Waals surface area contributed by atoms with E-state index < -0.39 is 6.23 Å². The Morgan fingerprint density at radius 2 is 1.74 bits per heavy atom. The first-order chi connectivity index (χ1) is 9.34. The van der Waals surface area contributed by atoms with Crippen LogP contribution in [-0.2, 0) is 0 Å². The normalized spacial score (nSPS) is 12.3. The molecule has 3 rings (SSSR count). The molecule has 0 bridgehead atoms. The summed E-state index contributed by atoms with van der Waals surface area (Å²) in [6.45, 7) is 0. The Bertz CT molecular complexity index is 680. The third-order valence-electron chi connectivity index (χ3n) is 2.89. The van der Waals surface area contributed by atoms with E-state index in [0.29, 0.717) is 5.69 Å². The van der Waals surface area contributed by atoms with Crippen LogP contribution in [0.3, 0.4) is 0 Å². The highest BCUT2D eigenvalue weighted by Gasteiger charge is 2.10. The highest BCUT2D eigenvalue weighted by atomic mass is 16.3. The Labute approximate surface area is 110 Å². The van der Waals surface area contributed by atoms with Gasteiger partial charge in [0.1, 0.15) is 0 Å². The molecule has 2 aromatic heterocycles. The molecule has 0 spiro atoms. The molecule has 94 valence electrons. The largest absolute Gasteiger partial charge is 0.368 e. The zero-order valence-electron chi connectivity index (χ0n) is 10.2. The van der Waals surface area contributed by atoms with Crippen molar-refractivity contribution in [1.29, 1.82) is 0 Å². The summed E-state index contributed by atoms with van der Waals surface area (Å²) < 4.78 is 0. The summed E-state index contributed by atoms with van der Waals surface area (Å²) in [6, 6.07) is 15.1. The van der Waals surface area contributed by atoms with Crippen LogP contribution in [0.1, 0.15) is 11.9 Å². The Morgan fingerprint density at radius 1 is 0.895 bits per heavy atom. The van der Waals surface area contributed by atoms with E-state index in [1.165, 1.54) is 0 Å². The number of aliphatic hydroxyl groups excluding tert-OH is 1. The Hall–Kier alpha value is -2.46. The number of aliphatic hydroxyl groups is 1. The van der Waals surface area contributed by atoms with Crippen LogP contribution in [0.4, 0.5) is 5.69 Å². The fourth-order valence-electron chi connectivity index (χ4n) is 1.98. The minimum atomic E-state index is -0.853. The lowest BCUT2D eigenvalue weighted by molar-refractivity contribution is 0.203. The zero-order chi connectivity index (χ0) is 13.1. The molecule has 0 saturated carbocycles. The number of aromatic nitrogens is 2. The molecule has 0 saturated heterocycles. The molecule has 2 N–H and O–H groups in total. The second-order valence-electron chi connectivity index (χ2n) is 4.18. The fraction of sp³-hybridized carbons (Fsp3) is 0.0667. The number of rotatable bonds is 3. The van der Waals surface area contributed by atoms with Gasteiger partial charge in [0.05, 0.1) is 16.9 Å². The number of nitrogens with zero attached hydrogens (tertiary/aromatic N) is 2. The first-order valence-electron chi connectivity index (χ1n) is 6.04. The van der Waals surface area contributed by atoms with Crippen LogP contribution in [0.5, 0.6) is 0 Å². The van der Waals surface area contributed by atoms with E-state index in [1.54, 1.807) is 18.5 Å². The SMILES string of the molecule is O[C@@H](Nc1cccc2cccnc12)c1ccccn1. The smallest absolute Gasteiger partial charge is 0.168 e. The first-order valence-corrected chi connectivity index (χ1v) is 6.04. The number of pyridine rings is 2. The fourth-order valence-corrected chi connectivity index (χ4v) is 1.98. The summed E-state index contributed by atoms with van der Waals surface area (Å²) in [6.07, 6.45) is 2.54. The number of hydrogen-bond acceptors (Lipinski definition) is 4. The maximum absolute atomic E-state index is 10.1. The molecular formula is C15H13N3O. The lowest BCUT2D eigenvalue weighted by Crippen LogP contribution is -2.11. The molecule has 0 amide bonds. The first kappa shape index (κ1) is 11.6. The molecule has 4 nitrogen and oxygen atoms in total. The topological polar surface area (TPSA) is 58.0 Å². The molecule has 19 heavy (non-hydrogen) atoms. The van der Waals surface area contributed by atoms with Gasteiger partial charge in [0.15, 0.2) is 6.23 Å². The van der Waals surface area contributed by atoms with Gasteiger partial charge in [0.2, 0.25) is 0 Å². The molecule has 0 radical (unpaired) electrons. The van der Waals surface area contributed by atoms with E-state index in [1.807, 2.05) is 42.5 Å². The Balaban J connectivity index is 1.94. The van der Waals surface area contributed by atoms with Gasteiger partial charge in [-0.1, -0.05) is 24.3 Å². The average molecular weight is 251 g/mol. The van der Waals surface area contributed by atoms with Crippen LogP contribution < -0.4 is 5.32 Å². The van der Waals surface area contributed by atoms with Crippen LogP contribution in [0.15, 0.2) is 60.9 Å². The van der Waals surface area contributed by atoms with Gasteiger partial charge in [0.25, 0.3) is 0 Å². The van der Waals surface area contributed by atoms with Crippen molar-refractivity contribution in [2.75, 3.05) is 5.32 Å². The van der Waals surface area contributed by atoms with Gasteiger partial charge < -0.3 is 10.4 Å². The summed E-state index contributed by atoms with van der Waals surface area (Å²) >= 11 is 0. The van der Waals surface area contributed by atoms with Crippen molar-refractivity contribution in [3.63, 3.8) is 0 Å². The quantitative estimate of drug-likeness (QED) is 0.703. The van der Waals surface area contributed by atoms with Crippen LogP contribution in [-0.4, -0.2) is 15.1 Å². The molecular weight excluding hydrogens is 238 g/mol. The average Bonchev–Trinajstić information content (AvgIpc) is 2.48. The highest BCUT2D eigenvalue weighted by molar-refractivity contribution is 5.90. The summed E-state index contributed by atoms with van der Waals surface area (Å²) in [4.78, 5) is 8.46. The van der Waals surface area contributed by atoms with E-state index in [4.69, 9.17) is 0 Å². The van der Waals surface area contributed by atoms with Crippen molar-refractivity contribution in [2.24, 2.45) is 0 Å². The molecule has 0 unspecified atom stereocenters. The maximum Gasteiger partial charge on any atom is 0.168 e. The summed E-state index contributed by atoms with van der Waals surface area (Å²) in [5.74, 6) is 0. The van der Waals surface area contributed by atoms with Gasteiger partial charge in [-0.3, -0.25) is 9.97 Å². The van der Waals surface area contributed by atoms with Crippen molar-refractivity contribution in [3.8, 4) is 0 Å². The molecule has 1 atom stereocenters. The molecule has 0 aliphatic rings. The minimum absolute atomic E-state index is 0.579. The molecule has 1 aromatic carbocycles. The van der Waals surface area contributed by atoms with Gasteiger partial charge >= 0.3 is 0 Å². The van der Waals surface area contributed by atoms with E-state index >= 15 is 0 Å². The Kier molecular flexibility index (Phi) is 3.08. The summed E-state index contributed by atoms with van der Waals surface area (Å²) in [7, 11) is 0. The molecule has 0 fully saturated rings. The number of benzene rings is 1. The zero-order valence-corrected chi connectivity index (χ0v) is 10.2. The van der Waals surface area contributed by atoms with Crippen LogP contribution in [0.25, 0.3) is 10.9 Å². The molecule has 3 aromatic rings. The van der Waals surface area contributed by atoms with Crippen molar-refractivity contribution in [1.82, 2.24) is 9.97 Å². The lowest BCUT2D eigenvalue weighted by atomic mass is 10.2. The predicted octanol–water partition coefficient (Wildman–Crippen LogP) is 2.73. The van der Waals surface area contributed by atoms with Crippen molar-refractivity contribution >= 4 is 16.6 Å². The number of hydrogen-bond donors (Lipinski definition) is 2. The van der Waals surface area contributed by atoms with Crippen molar-refractivity contribution in [3.05, 3.63) is 66.6 Å². The third-order valence-corrected chi connectivity index (χ3v) is 2.89. The van der Waals surface area contributed by atoms with Crippen molar-refractivity contribution in [2.45, 2.75) is 6.23 Å². The van der Waals surface area contributed by atoms with E-state index in [0.717, 1.165) is 16.6 Å². The standard InChI is InChI=1S/C15H13N3O/c19-15(13-7-1-2-9-16-13)18-12-8-3-5-11-6-4-10-17-14(11)12/h1-10,15,18-19H/t15-/m1/s1. The van der Waals surface area contributed by atoms with E-state index in [9.17, 15) is 5.11 Å². The number of para-hydroxylation sites is 1. The van der Waals surface area contributed by atoms with Gasteiger partial charge in [-0.15, -0.1) is 0 Å². The van der Waals surface area contributed by atoms with E-state index in [-0.39, 0.29) is 0 Å². The molecule has 2 heterocycles. The summed E-state index contributed by atoms with van der Waals surface area (Å²) in [5.41, 5.74) is 2.20. The van der Waals surface area contributed by atoms with Gasteiger partial charge in [-0.25, -0.2) is 0 Å². The number of fused-ring (bicyclic) bond motifs is 1.